The summed E-state index contributed by atoms with van der Waals surface area (Å²) in [5, 5.41) is 7.69. The largest absolute Gasteiger partial charge is 0.481 e. The predicted octanol–water partition coefficient (Wildman–Crippen LogP) is 4.13. The molecule has 0 saturated carbocycles. The topological polar surface area (TPSA) is 77.2 Å². The minimum atomic E-state index is -0.692. The normalized spacial score (nSPS) is 11.8. The van der Waals surface area contributed by atoms with Crippen molar-refractivity contribution in [2.45, 2.75) is 19.6 Å². The fourth-order valence-corrected chi connectivity index (χ4v) is 2.50. The first-order chi connectivity index (χ1) is 12.5. The maximum absolute atomic E-state index is 12.1. The zero-order valence-corrected chi connectivity index (χ0v) is 15.3. The zero-order chi connectivity index (χ0) is 18.5. The Morgan fingerprint density at radius 2 is 1.92 bits per heavy atom. The van der Waals surface area contributed by atoms with Crippen LogP contribution in [-0.2, 0) is 11.3 Å². The van der Waals surface area contributed by atoms with Gasteiger partial charge in [-0.2, -0.15) is 4.98 Å². The van der Waals surface area contributed by atoms with Crippen molar-refractivity contribution >= 4 is 29.1 Å². The van der Waals surface area contributed by atoms with Crippen LogP contribution in [0.5, 0.6) is 5.75 Å². The van der Waals surface area contributed by atoms with Crippen LogP contribution in [0.2, 0.25) is 10.0 Å². The Labute approximate surface area is 160 Å². The van der Waals surface area contributed by atoms with Gasteiger partial charge in [-0.25, -0.2) is 0 Å². The molecule has 1 heterocycles. The molecule has 26 heavy (non-hydrogen) atoms. The Morgan fingerprint density at radius 1 is 1.19 bits per heavy atom. The van der Waals surface area contributed by atoms with Gasteiger partial charge >= 0.3 is 0 Å². The molecule has 3 aromatic rings. The summed E-state index contributed by atoms with van der Waals surface area (Å²) in [7, 11) is 0. The first-order valence-corrected chi connectivity index (χ1v) is 8.56. The van der Waals surface area contributed by atoms with E-state index >= 15 is 0 Å². The highest BCUT2D eigenvalue weighted by atomic mass is 35.5. The van der Waals surface area contributed by atoms with Crippen LogP contribution in [-0.4, -0.2) is 22.2 Å². The first kappa shape index (κ1) is 18.2. The molecule has 0 unspecified atom stereocenters. The molecule has 0 bridgehead atoms. The van der Waals surface area contributed by atoms with Crippen LogP contribution in [0.15, 0.2) is 53.1 Å². The van der Waals surface area contributed by atoms with E-state index in [2.05, 4.69) is 15.5 Å². The number of nitrogens with one attached hydrogen (secondary N) is 1. The number of rotatable bonds is 6. The molecule has 1 atom stereocenters. The van der Waals surface area contributed by atoms with Crippen molar-refractivity contribution in [3.05, 3.63) is 64.5 Å². The van der Waals surface area contributed by atoms with E-state index in [1.807, 2.05) is 12.1 Å². The number of carbonyl (C=O) groups excluding carboxylic acids is 1. The van der Waals surface area contributed by atoms with E-state index in [0.717, 1.165) is 0 Å². The third kappa shape index (κ3) is 4.53. The summed E-state index contributed by atoms with van der Waals surface area (Å²) in [5.41, 5.74) is 0.662. The van der Waals surface area contributed by atoms with Crippen molar-refractivity contribution in [1.29, 1.82) is 0 Å². The van der Waals surface area contributed by atoms with Gasteiger partial charge < -0.3 is 14.6 Å². The molecular formula is C18H15Cl2N3O3. The number of nitrogens with zero attached hydrogens (tertiary/aromatic N) is 2. The second kappa shape index (κ2) is 8.21. The van der Waals surface area contributed by atoms with E-state index in [0.29, 0.717) is 27.2 Å². The number of aromatic nitrogens is 2. The van der Waals surface area contributed by atoms with Gasteiger partial charge in [0.05, 0.1) is 11.6 Å². The highest BCUT2D eigenvalue weighted by molar-refractivity contribution is 6.33. The summed E-state index contributed by atoms with van der Waals surface area (Å²) in [6, 6.07) is 13.9. The van der Waals surface area contributed by atoms with Gasteiger partial charge in [0.15, 0.2) is 6.10 Å². The fraction of sp³-hybridized carbons (Fsp3) is 0.167. The van der Waals surface area contributed by atoms with E-state index in [1.54, 1.807) is 43.3 Å². The molecular weight excluding hydrogens is 377 g/mol. The molecule has 2 aromatic carbocycles. The molecule has 1 aromatic heterocycles. The van der Waals surface area contributed by atoms with Crippen LogP contribution in [0.3, 0.4) is 0 Å². The lowest BCUT2D eigenvalue weighted by Gasteiger charge is -2.13. The molecule has 0 spiro atoms. The number of halogens is 2. The number of benzene rings is 2. The molecule has 6 nitrogen and oxygen atoms in total. The van der Waals surface area contributed by atoms with Crippen molar-refractivity contribution in [2.24, 2.45) is 0 Å². The Kier molecular flexibility index (Phi) is 5.75. The van der Waals surface area contributed by atoms with Gasteiger partial charge in [-0.05, 0) is 43.3 Å². The smallest absolute Gasteiger partial charge is 0.261 e. The zero-order valence-electron chi connectivity index (χ0n) is 13.8. The van der Waals surface area contributed by atoms with Gasteiger partial charge in [-0.3, -0.25) is 4.79 Å². The molecule has 3 rings (SSSR count). The van der Waals surface area contributed by atoms with Crippen LogP contribution >= 0.6 is 23.2 Å². The second-order valence-corrected chi connectivity index (χ2v) is 6.27. The fourth-order valence-electron chi connectivity index (χ4n) is 2.16. The van der Waals surface area contributed by atoms with Crippen molar-refractivity contribution in [1.82, 2.24) is 15.5 Å². The van der Waals surface area contributed by atoms with Crippen molar-refractivity contribution in [3.8, 4) is 17.1 Å². The average molecular weight is 392 g/mol. The quantitative estimate of drug-likeness (QED) is 0.683. The maximum Gasteiger partial charge on any atom is 0.261 e. The number of hydrogen-bond acceptors (Lipinski definition) is 5. The van der Waals surface area contributed by atoms with Crippen LogP contribution < -0.4 is 10.1 Å². The summed E-state index contributed by atoms with van der Waals surface area (Å²) in [5.74, 6) is 0.880. The molecule has 8 heteroatoms. The van der Waals surface area contributed by atoms with Gasteiger partial charge in [0, 0.05) is 10.6 Å². The van der Waals surface area contributed by atoms with Crippen LogP contribution in [0.4, 0.5) is 0 Å². The van der Waals surface area contributed by atoms with E-state index in [-0.39, 0.29) is 18.3 Å². The minimum absolute atomic E-state index is 0.0879. The molecule has 0 radical (unpaired) electrons. The lowest BCUT2D eigenvalue weighted by atomic mass is 10.2. The summed E-state index contributed by atoms with van der Waals surface area (Å²) in [4.78, 5) is 16.4. The van der Waals surface area contributed by atoms with Crippen molar-refractivity contribution in [2.75, 3.05) is 0 Å². The van der Waals surface area contributed by atoms with E-state index in [4.69, 9.17) is 32.5 Å². The van der Waals surface area contributed by atoms with E-state index < -0.39 is 6.10 Å². The molecule has 0 fully saturated rings. The summed E-state index contributed by atoms with van der Waals surface area (Å²) < 4.78 is 10.7. The third-order valence-corrected chi connectivity index (χ3v) is 4.07. The van der Waals surface area contributed by atoms with Crippen LogP contribution in [0.1, 0.15) is 12.8 Å². The van der Waals surface area contributed by atoms with Crippen molar-refractivity contribution in [3.63, 3.8) is 0 Å². The van der Waals surface area contributed by atoms with Gasteiger partial charge in [-0.15, -0.1) is 0 Å². The maximum atomic E-state index is 12.1. The van der Waals surface area contributed by atoms with Crippen LogP contribution in [0.25, 0.3) is 11.4 Å². The molecule has 134 valence electrons. The van der Waals surface area contributed by atoms with E-state index in [1.165, 1.54) is 0 Å². The van der Waals surface area contributed by atoms with Crippen molar-refractivity contribution < 1.29 is 14.1 Å². The highest BCUT2D eigenvalue weighted by Gasteiger charge is 2.17. The molecule has 1 amide bonds. The molecule has 0 saturated heterocycles. The predicted molar refractivity (Wildman–Crippen MR) is 98.1 cm³/mol. The SMILES string of the molecule is C[C@H](Oc1ccc(Cl)cc1)C(=O)NCc1nc(-c2ccccc2Cl)no1. The third-order valence-electron chi connectivity index (χ3n) is 3.49. The minimum Gasteiger partial charge on any atom is -0.481 e. The number of carbonyl (C=O) groups is 1. The molecule has 1 N–H and O–H groups in total. The van der Waals surface area contributed by atoms with Gasteiger partial charge in [0.1, 0.15) is 5.75 Å². The van der Waals surface area contributed by atoms with Gasteiger partial charge in [0.2, 0.25) is 11.7 Å². The van der Waals surface area contributed by atoms with Crippen LogP contribution in [0, 0.1) is 0 Å². The highest BCUT2D eigenvalue weighted by Crippen LogP contribution is 2.24. The number of amides is 1. The van der Waals surface area contributed by atoms with E-state index in [9.17, 15) is 4.79 Å². The lowest BCUT2D eigenvalue weighted by Crippen LogP contribution is -2.35. The van der Waals surface area contributed by atoms with Gasteiger partial charge in [0.25, 0.3) is 5.91 Å². The Balaban J connectivity index is 1.56. The summed E-state index contributed by atoms with van der Waals surface area (Å²) >= 11 is 11.9. The number of hydrogen-bond donors (Lipinski definition) is 1. The lowest BCUT2D eigenvalue weighted by molar-refractivity contribution is -0.127. The molecule has 0 aliphatic rings. The number of ether oxygens (including phenoxy) is 1. The first-order valence-electron chi connectivity index (χ1n) is 7.80. The molecule has 0 aliphatic heterocycles. The Bertz CT molecular complexity index is 897. The summed E-state index contributed by atoms with van der Waals surface area (Å²) in [6.07, 6.45) is -0.692. The average Bonchev–Trinajstić information content (AvgIpc) is 3.10. The standard InChI is InChI=1S/C18H15Cl2N3O3/c1-11(25-13-8-6-12(19)7-9-13)18(24)21-10-16-22-17(23-26-16)14-4-2-3-5-15(14)20/h2-9,11H,10H2,1H3,(H,21,24)/t11-/m0/s1. The Hall–Kier alpha value is -2.57. The molecule has 0 aliphatic carbocycles. The monoisotopic (exact) mass is 391 g/mol. The second-order valence-electron chi connectivity index (χ2n) is 5.42. The Morgan fingerprint density at radius 3 is 2.65 bits per heavy atom. The summed E-state index contributed by atoms with van der Waals surface area (Å²) in [6.45, 7) is 1.73. The van der Waals surface area contributed by atoms with Gasteiger partial charge in [-0.1, -0.05) is 40.5 Å².